The van der Waals surface area contributed by atoms with Crippen LogP contribution >= 0.6 is 15.9 Å². The predicted molar refractivity (Wildman–Crippen MR) is 98.5 cm³/mol. The Labute approximate surface area is 150 Å². The molecule has 0 aliphatic heterocycles. The standard InChI is InChI=1S/C19H21BrN2O2/c1-14-10-12-15(13-11-14)6-2-5-9-18(23)21-22-19(24)16-7-3-4-8-17(16)20/h3-4,7-8,10-13H,2,5-6,9H2,1H3,(H,21,23)(H,22,24). The molecule has 2 amide bonds. The van der Waals surface area contributed by atoms with Gasteiger partial charge in [-0.05, 0) is 59.8 Å². The Morgan fingerprint density at radius 1 is 0.958 bits per heavy atom. The molecule has 0 radical (unpaired) electrons. The number of rotatable bonds is 6. The van der Waals surface area contributed by atoms with Gasteiger partial charge in [0, 0.05) is 10.9 Å². The van der Waals surface area contributed by atoms with E-state index in [1.165, 1.54) is 11.1 Å². The highest BCUT2D eigenvalue weighted by molar-refractivity contribution is 9.10. The number of amides is 2. The highest BCUT2D eigenvalue weighted by Gasteiger charge is 2.10. The van der Waals surface area contributed by atoms with Crippen molar-refractivity contribution in [1.82, 2.24) is 10.9 Å². The van der Waals surface area contributed by atoms with E-state index in [-0.39, 0.29) is 11.8 Å². The first-order chi connectivity index (χ1) is 11.6. The van der Waals surface area contributed by atoms with Crippen LogP contribution in [0.15, 0.2) is 53.0 Å². The van der Waals surface area contributed by atoms with Gasteiger partial charge in [-0.3, -0.25) is 20.4 Å². The van der Waals surface area contributed by atoms with Crippen LogP contribution in [0.4, 0.5) is 0 Å². The molecule has 0 unspecified atom stereocenters. The number of unbranched alkanes of at least 4 members (excludes halogenated alkanes) is 1. The lowest BCUT2D eigenvalue weighted by Crippen LogP contribution is -2.41. The molecule has 0 fully saturated rings. The number of aryl methyl sites for hydroxylation is 2. The van der Waals surface area contributed by atoms with E-state index in [1.54, 1.807) is 18.2 Å². The zero-order valence-electron chi connectivity index (χ0n) is 13.6. The minimum absolute atomic E-state index is 0.181. The van der Waals surface area contributed by atoms with Gasteiger partial charge in [0.1, 0.15) is 0 Å². The van der Waals surface area contributed by atoms with Crippen LogP contribution in [0.2, 0.25) is 0 Å². The Morgan fingerprint density at radius 2 is 1.67 bits per heavy atom. The average Bonchev–Trinajstić information content (AvgIpc) is 2.58. The molecule has 0 aromatic heterocycles. The van der Waals surface area contributed by atoms with Crippen molar-refractivity contribution in [2.24, 2.45) is 0 Å². The molecule has 0 atom stereocenters. The number of carbonyl (C=O) groups is 2. The Hall–Kier alpha value is -2.14. The van der Waals surface area contributed by atoms with Gasteiger partial charge in [0.05, 0.1) is 5.56 Å². The van der Waals surface area contributed by atoms with E-state index >= 15 is 0 Å². The van der Waals surface area contributed by atoms with E-state index in [1.807, 2.05) is 6.07 Å². The fourth-order valence-corrected chi connectivity index (χ4v) is 2.74. The van der Waals surface area contributed by atoms with E-state index < -0.39 is 0 Å². The number of nitrogens with one attached hydrogen (secondary N) is 2. The molecule has 0 aliphatic carbocycles. The second-order valence-electron chi connectivity index (χ2n) is 5.67. The minimum atomic E-state index is -0.338. The van der Waals surface area contributed by atoms with Crippen molar-refractivity contribution < 1.29 is 9.59 Å². The average molecular weight is 389 g/mol. The zero-order valence-corrected chi connectivity index (χ0v) is 15.2. The summed E-state index contributed by atoms with van der Waals surface area (Å²) in [6.07, 6.45) is 3.07. The topological polar surface area (TPSA) is 58.2 Å². The number of carbonyl (C=O) groups excluding carboxylic acids is 2. The van der Waals surface area contributed by atoms with Crippen LogP contribution in [-0.4, -0.2) is 11.8 Å². The molecule has 2 N–H and O–H groups in total. The Kier molecular flexibility index (Phi) is 7.00. The fraction of sp³-hybridized carbons (Fsp3) is 0.263. The van der Waals surface area contributed by atoms with E-state index in [0.717, 1.165) is 19.3 Å². The summed E-state index contributed by atoms with van der Waals surface area (Å²) in [6.45, 7) is 2.07. The van der Waals surface area contributed by atoms with E-state index in [9.17, 15) is 9.59 Å². The highest BCUT2D eigenvalue weighted by Crippen LogP contribution is 2.15. The Bertz CT molecular complexity index is 699. The van der Waals surface area contributed by atoms with E-state index in [0.29, 0.717) is 16.5 Å². The Morgan fingerprint density at radius 3 is 2.38 bits per heavy atom. The van der Waals surface area contributed by atoms with Crippen molar-refractivity contribution in [2.75, 3.05) is 0 Å². The molecule has 0 spiro atoms. The number of benzene rings is 2. The molecule has 0 aliphatic rings. The summed E-state index contributed by atoms with van der Waals surface area (Å²) in [5.41, 5.74) is 7.90. The molecule has 4 nitrogen and oxygen atoms in total. The molecule has 5 heteroatoms. The van der Waals surface area contributed by atoms with Gasteiger partial charge in [-0.2, -0.15) is 0 Å². The first-order valence-corrected chi connectivity index (χ1v) is 8.75. The van der Waals surface area contributed by atoms with Crippen molar-refractivity contribution >= 4 is 27.7 Å². The van der Waals surface area contributed by atoms with Gasteiger partial charge < -0.3 is 0 Å². The van der Waals surface area contributed by atoms with Gasteiger partial charge in [-0.1, -0.05) is 42.0 Å². The molecule has 2 aromatic carbocycles. The van der Waals surface area contributed by atoms with Crippen molar-refractivity contribution in [2.45, 2.75) is 32.6 Å². The quantitative estimate of drug-likeness (QED) is 0.581. The Balaban J connectivity index is 1.65. The lowest BCUT2D eigenvalue weighted by Gasteiger charge is -2.08. The summed E-state index contributed by atoms with van der Waals surface area (Å²) in [4.78, 5) is 23.7. The van der Waals surface area contributed by atoms with Crippen LogP contribution < -0.4 is 10.9 Å². The van der Waals surface area contributed by atoms with Gasteiger partial charge in [0.25, 0.3) is 5.91 Å². The molecule has 0 bridgehead atoms. The molecule has 0 heterocycles. The van der Waals surface area contributed by atoms with Gasteiger partial charge in [0.2, 0.25) is 5.91 Å². The molecular formula is C19H21BrN2O2. The van der Waals surface area contributed by atoms with Crippen molar-refractivity contribution in [1.29, 1.82) is 0 Å². The van der Waals surface area contributed by atoms with Crippen LogP contribution in [0, 0.1) is 6.92 Å². The third kappa shape index (κ3) is 5.81. The van der Waals surface area contributed by atoms with Crippen LogP contribution in [0.1, 0.15) is 40.7 Å². The smallest absolute Gasteiger partial charge is 0.270 e. The van der Waals surface area contributed by atoms with Gasteiger partial charge in [-0.15, -0.1) is 0 Å². The highest BCUT2D eigenvalue weighted by atomic mass is 79.9. The van der Waals surface area contributed by atoms with Gasteiger partial charge in [0.15, 0.2) is 0 Å². The first kappa shape index (κ1) is 18.2. The van der Waals surface area contributed by atoms with Crippen LogP contribution in [-0.2, 0) is 11.2 Å². The minimum Gasteiger partial charge on any atom is -0.273 e. The van der Waals surface area contributed by atoms with Crippen LogP contribution in [0.5, 0.6) is 0 Å². The molecule has 0 saturated carbocycles. The number of hydrogen-bond donors (Lipinski definition) is 2. The fourth-order valence-electron chi connectivity index (χ4n) is 2.27. The number of hydrogen-bond acceptors (Lipinski definition) is 2. The number of hydrazine groups is 1. The monoisotopic (exact) mass is 388 g/mol. The summed E-state index contributed by atoms with van der Waals surface area (Å²) in [5.74, 6) is -0.519. The maximum Gasteiger partial charge on any atom is 0.270 e. The summed E-state index contributed by atoms with van der Waals surface area (Å²) in [5, 5.41) is 0. The van der Waals surface area contributed by atoms with E-state index in [4.69, 9.17) is 0 Å². The summed E-state index contributed by atoms with van der Waals surface area (Å²) in [7, 11) is 0. The molecular weight excluding hydrogens is 368 g/mol. The lowest BCUT2D eigenvalue weighted by molar-refractivity contribution is -0.121. The predicted octanol–water partition coefficient (Wildman–Crippen LogP) is 3.93. The van der Waals surface area contributed by atoms with Crippen molar-refractivity contribution in [3.63, 3.8) is 0 Å². The van der Waals surface area contributed by atoms with Crippen molar-refractivity contribution in [3.8, 4) is 0 Å². The summed E-state index contributed by atoms with van der Waals surface area (Å²) < 4.78 is 0.690. The van der Waals surface area contributed by atoms with E-state index in [2.05, 4.69) is 58.0 Å². The van der Waals surface area contributed by atoms with Crippen LogP contribution in [0.25, 0.3) is 0 Å². The first-order valence-electron chi connectivity index (χ1n) is 7.95. The number of halogens is 1. The second-order valence-corrected chi connectivity index (χ2v) is 6.53. The maximum absolute atomic E-state index is 12.0. The molecule has 2 aromatic rings. The molecule has 24 heavy (non-hydrogen) atoms. The van der Waals surface area contributed by atoms with Crippen molar-refractivity contribution in [3.05, 3.63) is 69.7 Å². The zero-order chi connectivity index (χ0) is 17.4. The van der Waals surface area contributed by atoms with Gasteiger partial charge in [-0.25, -0.2) is 0 Å². The SMILES string of the molecule is Cc1ccc(CCCCC(=O)NNC(=O)c2ccccc2Br)cc1. The molecule has 0 saturated heterocycles. The third-order valence-corrected chi connectivity index (χ3v) is 4.37. The normalized spacial score (nSPS) is 10.2. The summed E-state index contributed by atoms with van der Waals surface area (Å²) in [6, 6.07) is 15.5. The lowest BCUT2D eigenvalue weighted by atomic mass is 10.1. The maximum atomic E-state index is 12.0. The third-order valence-electron chi connectivity index (χ3n) is 3.67. The molecule has 2 rings (SSSR count). The second kappa shape index (κ2) is 9.23. The van der Waals surface area contributed by atoms with Gasteiger partial charge >= 0.3 is 0 Å². The molecule has 126 valence electrons. The summed E-state index contributed by atoms with van der Waals surface area (Å²) >= 11 is 3.31. The largest absolute Gasteiger partial charge is 0.273 e. The van der Waals surface area contributed by atoms with Crippen LogP contribution in [0.3, 0.4) is 0 Å².